The quantitative estimate of drug-likeness (QED) is 0.191. The Morgan fingerprint density at radius 1 is 1.02 bits per heavy atom. The summed E-state index contributed by atoms with van der Waals surface area (Å²) in [7, 11) is 1.77. The van der Waals surface area contributed by atoms with Gasteiger partial charge in [0, 0.05) is 41.3 Å². The van der Waals surface area contributed by atoms with Crippen LogP contribution in [0.2, 0.25) is 0 Å². The minimum absolute atomic E-state index is 0.0573. The Bertz CT molecular complexity index is 1560. The minimum Gasteiger partial charge on any atom is -0.496 e. The van der Waals surface area contributed by atoms with Gasteiger partial charge in [0.05, 0.1) is 26.4 Å². The topological polar surface area (TPSA) is 51.2 Å². The lowest BCUT2D eigenvalue weighted by Crippen LogP contribution is -2.37. The van der Waals surface area contributed by atoms with Crippen LogP contribution in [0, 0.1) is 6.92 Å². The lowest BCUT2D eigenvalue weighted by atomic mass is 9.97. The zero-order valence-electron chi connectivity index (χ0n) is 25.6. The molecule has 0 radical (unpaired) electrons. The first-order chi connectivity index (χ1) is 21.0. The van der Waals surface area contributed by atoms with Crippen LogP contribution in [-0.2, 0) is 22.5 Å². The molecule has 2 aliphatic rings. The molecule has 0 N–H and O–H groups in total. The van der Waals surface area contributed by atoms with Gasteiger partial charge >= 0.3 is 0 Å². The lowest BCUT2D eigenvalue weighted by molar-refractivity contribution is -0.121. The van der Waals surface area contributed by atoms with Gasteiger partial charge in [0.2, 0.25) is 0 Å². The third kappa shape index (κ3) is 6.96. The minimum atomic E-state index is 0.0573. The summed E-state index contributed by atoms with van der Waals surface area (Å²) in [6.45, 7) is 10.6. The van der Waals surface area contributed by atoms with Crippen LogP contribution in [0.15, 0.2) is 60.7 Å². The van der Waals surface area contributed by atoms with Crippen molar-refractivity contribution in [3.8, 4) is 21.9 Å². The molecular weight excluding hydrogens is 556 g/mol. The van der Waals surface area contributed by atoms with E-state index in [2.05, 4.69) is 77.4 Å². The van der Waals surface area contributed by atoms with Gasteiger partial charge in [0.15, 0.2) is 0 Å². The van der Waals surface area contributed by atoms with E-state index in [1.807, 2.05) is 11.3 Å². The van der Waals surface area contributed by atoms with Gasteiger partial charge in [-0.1, -0.05) is 24.3 Å². The van der Waals surface area contributed by atoms with E-state index in [1.165, 1.54) is 42.8 Å². The first kappa shape index (κ1) is 29.8. The first-order valence-corrected chi connectivity index (χ1v) is 16.3. The highest BCUT2D eigenvalue weighted by molar-refractivity contribution is 7.22. The number of rotatable bonds is 11. The highest BCUT2D eigenvalue weighted by Crippen LogP contribution is 2.41. The van der Waals surface area contributed by atoms with Crippen LogP contribution >= 0.6 is 11.3 Å². The molecule has 0 amide bonds. The molecule has 1 atom stereocenters. The highest BCUT2D eigenvalue weighted by Gasteiger charge is 2.27. The lowest BCUT2D eigenvalue weighted by Gasteiger charge is -2.27. The molecule has 3 heterocycles. The van der Waals surface area contributed by atoms with Crippen molar-refractivity contribution in [2.75, 3.05) is 53.1 Å². The summed E-state index contributed by atoms with van der Waals surface area (Å²) in [6, 6.07) is 22.0. The highest BCUT2D eigenvalue weighted by atomic mass is 32.1. The van der Waals surface area contributed by atoms with Gasteiger partial charge in [-0.15, -0.1) is 11.3 Å². The maximum Gasteiger partial charge on any atom is 0.146 e. The Balaban J connectivity index is 1.20. The molecule has 3 aromatic carbocycles. The van der Waals surface area contributed by atoms with E-state index in [0.29, 0.717) is 6.61 Å². The number of Topliss-reactive ketones (excluding diaryl/α,β-unsaturated/α-hetero) is 1. The Morgan fingerprint density at radius 2 is 1.84 bits per heavy atom. The average Bonchev–Trinajstić information content (AvgIpc) is 3.63. The zero-order valence-corrected chi connectivity index (χ0v) is 26.4. The molecule has 6 rings (SSSR count). The van der Waals surface area contributed by atoms with E-state index < -0.39 is 0 Å². The molecule has 2 saturated heterocycles. The van der Waals surface area contributed by atoms with Crippen molar-refractivity contribution < 1.29 is 19.0 Å². The fourth-order valence-electron chi connectivity index (χ4n) is 6.44. The maximum atomic E-state index is 11.9. The van der Waals surface area contributed by atoms with Gasteiger partial charge in [-0.05, 0) is 104 Å². The Morgan fingerprint density at radius 3 is 2.60 bits per heavy atom. The van der Waals surface area contributed by atoms with Gasteiger partial charge in [-0.25, -0.2) is 0 Å². The molecule has 43 heavy (non-hydrogen) atoms. The molecular formula is C36H42N2O4S. The molecule has 4 aromatic rings. The van der Waals surface area contributed by atoms with Crippen molar-refractivity contribution in [1.82, 2.24) is 9.80 Å². The molecule has 226 valence electrons. The second kappa shape index (κ2) is 13.6. The molecule has 7 heteroatoms. The third-order valence-electron chi connectivity index (χ3n) is 8.78. The molecule has 2 aliphatic heterocycles. The van der Waals surface area contributed by atoms with Crippen LogP contribution in [0.3, 0.4) is 0 Å². The number of nitrogens with zero attached hydrogens (tertiary/aromatic N) is 2. The standard InChI is InChI=1S/C36H42N2O4S/c1-25-6-13-31-32(22-27-7-8-29(34(23-27)40-3)24-37-15-18-41-19-16-37)36(43-35(31)21-25)28-9-11-30(12-10-28)42-20-17-38-14-4-5-33(38)26(2)39/h6-13,21,23,33H,4-5,14-20,22,24H2,1-3H3. The van der Waals surface area contributed by atoms with Crippen LogP contribution in [-0.4, -0.2) is 74.7 Å². The number of carbonyl (C=O) groups is 1. The number of thiophene rings is 1. The van der Waals surface area contributed by atoms with E-state index >= 15 is 0 Å². The number of methoxy groups -OCH3 is 1. The summed E-state index contributed by atoms with van der Waals surface area (Å²) in [5, 5.41) is 1.31. The number of morpholine rings is 1. The molecule has 0 bridgehead atoms. The summed E-state index contributed by atoms with van der Waals surface area (Å²) >= 11 is 1.86. The van der Waals surface area contributed by atoms with Crippen molar-refractivity contribution in [3.05, 3.63) is 82.9 Å². The first-order valence-electron chi connectivity index (χ1n) is 15.4. The SMILES string of the molecule is COc1cc(Cc2c(-c3ccc(OCCN4CCCC4C(C)=O)cc3)sc3cc(C)ccc23)ccc1CN1CCOCC1. The van der Waals surface area contributed by atoms with Gasteiger partial charge in [-0.3, -0.25) is 14.6 Å². The van der Waals surface area contributed by atoms with Crippen molar-refractivity contribution in [3.63, 3.8) is 0 Å². The third-order valence-corrected chi connectivity index (χ3v) is 10.0. The van der Waals surface area contributed by atoms with E-state index in [-0.39, 0.29) is 11.8 Å². The summed E-state index contributed by atoms with van der Waals surface area (Å²) in [6.07, 6.45) is 2.88. The molecule has 6 nitrogen and oxygen atoms in total. The van der Waals surface area contributed by atoms with Crippen molar-refractivity contribution >= 4 is 27.2 Å². The molecule has 0 aliphatic carbocycles. The fraction of sp³-hybridized carbons (Fsp3) is 0.417. The monoisotopic (exact) mass is 598 g/mol. The molecule has 2 fully saturated rings. The Hall–Kier alpha value is -3.23. The van der Waals surface area contributed by atoms with Crippen LogP contribution in [0.4, 0.5) is 0 Å². The van der Waals surface area contributed by atoms with Crippen molar-refractivity contribution in [2.24, 2.45) is 0 Å². The number of likely N-dealkylation sites (tertiary alicyclic amines) is 1. The molecule has 0 spiro atoms. The van der Waals surface area contributed by atoms with E-state index in [1.54, 1.807) is 14.0 Å². The smallest absolute Gasteiger partial charge is 0.146 e. The van der Waals surface area contributed by atoms with E-state index in [0.717, 1.165) is 76.7 Å². The Kier molecular flexibility index (Phi) is 9.43. The number of ketones is 1. The summed E-state index contributed by atoms with van der Waals surface area (Å²) < 4.78 is 18.8. The number of aryl methyl sites for hydroxylation is 1. The second-order valence-electron chi connectivity index (χ2n) is 11.8. The zero-order chi connectivity index (χ0) is 29.8. The number of fused-ring (bicyclic) bond motifs is 1. The van der Waals surface area contributed by atoms with Crippen LogP contribution in [0.25, 0.3) is 20.5 Å². The van der Waals surface area contributed by atoms with Crippen LogP contribution in [0.5, 0.6) is 11.5 Å². The predicted molar refractivity (Wildman–Crippen MR) is 175 cm³/mol. The maximum absolute atomic E-state index is 11.9. The largest absolute Gasteiger partial charge is 0.496 e. The predicted octanol–water partition coefficient (Wildman–Crippen LogP) is 6.74. The number of benzene rings is 3. The molecule has 1 unspecified atom stereocenters. The molecule has 0 saturated carbocycles. The number of ether oxygens (including phenoxy) is 3. The van der Waals surface area contributed by atoms with Crippen LogP contribution < -0.4 is 9.47 Å². The average molecular weight is 599 g/mol. The number of hydrogen-bond donors (Lipinski definition) is 0. The van der Waals surface area contributed by atoms with Crippen molar-refractivity contribution in [2.45, 2.75) is 45.7 Å². The van der Waals surface area contributed by atoms with Gasteiger partial charge in [-0.2, -0.15) is 0 Å². The normalized spacial score (nSPS) is 17.9. The van der Waals surface area contributed by atoms with Gasteiger partial charge in [0.1, 0.15) is 23.9 Å². The second-order valence-corrected chi connectivity index (χ2v) is 12.9. The van der Waals surface area contributed by atoms with Gasteiger partial charge in [0.25, 0.3) is 0 Å². The number of hydrogen-bond acceptors (Lipinski definition) is 7. The van der Waals surface area contributed by atoms with Crippen molar-refractivity contribution in [1.29, 1.82) is 0 Å². The summed E-state index contributed by atoms with van der Waals surface area (Å²) in [5.74, 6) is 2.07. The summed E-state index contributed by atoms with van der Waals surface area (Å²) in [5.41, 5.74) is 6.29. The molecule has 1 aromatic heterocycles. The summed E-state index contributed by atoms with van der Waals surface area (Å²) in [4.78, 5) is 17.9. The number of carbonyl (C=O) groups excluding carboxylic acids is 1. The fourth-order valence-corrected chi connectivity index (χ4v) is 7.76. The van der Waals surface area contributed by atoms with E-state index in [4.69, 9.17) is 14.2 Å². The van der Waals surface area contributed by atoms with Crippen LogP contribution in [0.1, 0.15) is 42.0 Å². The Labute approximate surface area is 259 Å². The van der Waals surface area contributed by atoms with E-state index in [9.17, 15) is 4.79 Å². The van der Waals surface area contributed by atoms with Gasteiger partial charge < -0.3 is 14.2 Å².